The summed E-state index contributed by atoms with van der Waals surface area (Å²) in [7, 11) is 0. The number of carbonyl (C=O) groups excluding carboxylic acids is 3. The Kier molecular flexibility index (Phi) is 8.99. The number of nitrogens with two attached hydrogens (primary N) is 1. The number of thiazole rings is 2. The molecule has 3 N–H and O–H groups in total. The maximum Gasteiger partial charge on any atom is 1.00 e. The van der Waals surface area contributed by atoms with E-state index < -0.39 is 28.7 Å². The van der Waals surface area contributed by atoms with Gasteiger partial charge in [0.2, 0.25) is 5.91 Å². The van der Waals surface area contributed by atoms with Crippen LogP contribution in [0.1, 0.15) is 23.2 Å². The van der Waals surface area contributed by atoms with E-state index >= 15 is 0 Å². The third-order valence-electron chi connectivity index (χ3n) is 5.40. The van der Waals surface area contributed by atoms with Crippen molar-refractivity contribution in [1.82, 2.24) is 20.2 Å². The summed E-state index contributed by atoms with van der Waals surface area (Å²) in [5.41, 5.74) is 6.95. The first kappa shape index (κ1) is 27.6. The molecule has 2 aliphatic heterocycles. The number of carbonyl (C=O) groups is 3. The molecule has 2 aliphatic rings. The van der Waals surface area contributed by atoms with Crippen LogP contribution >= 0.6 is 34.4 Å². The Hall–Kier alpha value is -1.97. The number of aryl methyl sites for hydroxylation is 1. The summed E-state index contributed by atoms with van der Waals surface area (Å²) >= 11 is 3.82. The third-order valence-corrected chi connectivity index (χ3v) is 8.52. The number of anilines is 1. The van der Waals surface area contributed by atoms with Gasteiger partial charge in [0, 0.05) is 22.6 Å². The Morgan fingerprint density at radius 3 is 2.83 bits per heavy atom. The van der Waals surface area contributed by atoms with E-state index in [4.69, 9.17) is 10.6 Å². The van der Waals surface area contributed by atoms with Crippen LogP contribution < -0.4 is 45.7 Å². The number of oxime groups is 1. The zero-order chi connectivity index (χ0) is 24.5. The predicted octanol–water partition coefficient (Wildman–Crippen LogP) is -2.92. The molecule has 3 atom stereocenters. The van der Waals surface area contributed by atoms with Gasteiger partial charge in [-0.05, 0) is 19.9 Å². The smallest absolute Gasteiger partial charge is 0.549 e. The molecule has 2 fully saturated rings. The van der Waals surface area contributed by atoms with Crippen LogP contribution in [-0.2, 0) is 19.2 Å². The van der Waals surface area contributed by atoms with Crippen molar-refractivity contribution in [3.05, 3.63) is 33.2 Å². The standard InChI is InChI=1S/C20H22N6O5S3.Na/c1-3-31-25-13(11-6-32-19(21)23-11)15(27)24-14-16(28)26-7-20(18(29)30,8-33-17(14)26)5-4-12-10(2)22-9-34-12;/h4-6,9,14,17H,3,7-8H2,1-2H3,(H2,21,23)(H,24,27)(H,29,30);/q;+1/p-1/t14?,17-,20?;/m1./s1. The Balaban J connectivity index is 0.00000342. The zero-order valence-electron chi connectivity index (χ0n) is 19.2. The van der Waals surface area contributed by atoms with E-state index in [2.05, 4.69) is 20.4 Å². The van der Waals surface area contributed by atoms with Crippen molar-refractivity contribution in [3.63, 3.8) is 0 Å². The minimum absolute atomic E-state index is 0. The van der Waals surface area contributed by atoms with E-state index in [9.17, 15) is 19.5 Å². The summed E-state index contributed by atoms with van der Waals surface area (Å²) in [6, 6.07) is -0.826. The van der Waals surface area contributed by atoms with Gasteiger partial charge >= 0.3 is 29.6 Å². The van der Waals surface area contributed by atoms with Crippen LogP contribution in [-0.4, -0.2) is 68.7 Å². The molecule has 2 amide bonds. The number of β-lactam (4-membered cyclic amide) rings is 1. The molecule has 11 nitrogen and oxygen atoms in total. The van der Waals surface area contributed by atoms with Crippen LogP contribution in [0.15, 0.2) is 22.1 Å². The summed E-state index contributed by atoms with van der Waals surface area (Å²) < 4.78 is 0. The quantitative estimate of drug-likeness (QED) is 0.153. The van der Waals surface area contributed by atoms with E-state index in [1.807, 2.05) is 6.92 Å². The monoisotopic (exact) mass is 544 g/mol. The summed E-state index contributed by atoms with van der Waals surface area (Å²) in [5.74, 6) is -2.08. The van der Waals surface area contributed by atoms with E-state index in [0.29, 0.717) is 0 Å². The molecule has 0 aliphatic carbocycles. The molecule has 180 valence electrons. The number of fused-ring (bicyclic) bond motifs is 1. The average molecular weight is 545 g/mol. The number of nitrogen functional groups attached to an aromatic ring is 1. The fourth-order valence-electron chi connectivity index (χ4n) is 3.53. The van der Waals surface area contributed by atoms with Crippen molar-refractivity contribution < 1.29 is 53.9 Å². The van der Waals surface area contributed by atoms with Crippen molar-refractivity contribution in [1.29, 1.82) is 0 Å². The zero-order valence-corrected chi connectivity index (χ0v) is 23.7. The Labute approximate surface area is 235 Å². The first-order chi connectivity index (χ1) is 16.3. The number of aliphatic carboxylic acids is 1. The Morgan fingerprint density at radius 2 is 2.23 bits per heavy atom. The molecular formula is C20H21N6NaO5S3. The second kappa shape index (κ2) is 11.4. The maximum atomic E-state index is 12.9. The van der Waals surface area contributed by atoms with Gasteiger partial charge in [0.25, 0.3) is 5.91 Å². The number of thioether (sulfide) groups is 1. The second-order valence-corrected chi connectivity index (χ2v) is 10.5. The molecule has 2 saturated heterocycles. The first-order valence-corrected chi connectivity index (χ1v) is 13.0. The van der Waals surface area contributed by atoms with Crippen LogP contribution in [0.4, 0.5) is 5.13 Å². The third kappa shape index (κ3) is 5.57. The van der Waals surface area contributed by atoms with Gasteiger partial charge in [-0.2, -0.15) is 0 Å². The molecule has 0 saturated carbocycles. The number of aromatic nitrogens is 2. The molecule has 0 spiro atoms. The number of rotatable bonds is 8. The van der Waals surface area contributed by atoms with Gasteiger partial charge in [-0.25, -0.2) is 9.97 Å². The van der Waals surface area contributed by atoms with Crippen molar-refractivity contribution in [2.45, 2.75) is 25.3 Å². The molecule has 2 aromatic heterocycles. The largest absolute Gasteiger partial charge is 1.00 e. The molecular weight excluding hydrogens is 523 g/mol. The summed E-state index contributed by atoms with van der Waals surface area (Å²) in [6.45, 7) is 3.75. The van der Waals surface area contributed by atoms with Crippen LogP contribution in [0, 0.1) is 12.3 Å². The number of nitrogens with zero attached hydrogens (tertiary/aromatic N) is 4. The molecule has 4 rings (SSSR count). The number of hydrogen-bond donors (Lipinski definition) is 2. The first-order valence-electron chi connectivity index (χ1n) is 10.2. The molecule has 0 aromatic carbocycles. The molecule has 35 heavy (non-hydrogen) atoms. The molecule has 2 aromatic rings. The van der Waals surface area contributed by atoms with Crippen LogP contribution in [0.3, 0.4) is 0 Å². The van der Waals surface area contributed by atoms with Crippen molar-refractivity contribution in [2.24, 2.45) is 10.6 Å². The van der Waals surface area contributed by atoms with Crippen molar-refractivity contribution >= 4 is 69.1 Å². The fourth-order valence-corrected chi connectivity index (χ4v) is 6.28. The van der Waals surface area contributed by atoms with Gasteiger partial charge in [0.05, 0.1) is 22.6 Å². The van der Waals surface area contributed by atoms with Crippen LogP contribution in [0.2, 0.25) is 0 Å². The Morgan fingerprint density at radius 1 is 1.46 bits per heavy atom. The molecule has 2 unspecified atom stereocenters. The predicted molar refractivity (Wildman–Crippen MR) is 128 cm³/mol. The van der Waals surface area contributed by atoms with Crippen LogP contribution in [0.25, 0.3) is 6.08 Å². The molecule has 4 heterocycles. The minimum Gasteiger partial charge on any atom is -0.549 e. The van der Waals surface area contributed by atoms with Crippen molar-refractivity contribution in [3.8, 4) is 0 Å². The average Bonchev–Trinajstić information content (AvgIpc) is 3.43. The summed E-state index contributed by atoms with van der Waals surface area (Å²) in [5, 5.41) is 20.0. The number of nitrogens with one attached hydrogen (secondary N) is 1. The fraction of sp³-hybridized carbons (Fsp3) is 0.400. The van der Waals surface area contributed by atoms with Gasteiger partial charge in [-0.3, -0.25) is 9.59 Å². The van der Waals surface area contributed by atoms with E-state index in [0.717, 1.165) is 21.9 Å². The molecule has 0 radical (unpaired) electrons. The number of carboxylic acid groups (broad SMARTS) is 1. The van der Waals surface area contributed by atoms with Crippen molar-refractivity contribution in [2.75, 3.05) is 24.6 Å². The van der Waals surface area contributed by atoms with Gasteiger partial charge in [0.15, 0.2) is 10.8 Å². The normalized spacial score (nSPS) is 23.9. The molecule has 0 bridgehead atoms. The van der Waals surface area contributed by atoms with Gasteiger partial charge < -0.3 is 30.7 Å². The minimum atomic E-state index is -1.35. The van der Waals surface area contributed by atoms with Gasteiger partial charge in [-0.15, -0.1) is 34.4 Å². The SMILES string of the molecule is CCON=C(C(=O)NC1C(=O)N2CC(C=Cc3scnc3C)(C(=O)[O-])CS[C@H]12)c1csc(N)n1.[Na+]. The summed E-state index contributed by atoms with van der Waals surface area (Å²) in [6.07, 6.45) is 3.29. The number of amides is 2. The number of carboxylic acids is 1. The van der Waals surface area contributed by atoms with Gasteiger partial charge in [0.1, 0.15) is 23.7 Å². The Bertz CT molecular complexity index is 1180. The van der Waals surface area contributed by atoms with Crippen LogP contribution in [0.5, 0.6) is 0 Å². The second-order valence-electron chi connectivity index (χ2n) is 7.63. The van der Waals surface area contributed by atoms with E-state index in [1.54, 1.807) is 30.0 Å². The topological polar surface area (TPSA) is 163 Å². The van der Waals surface area contributed by atoms with E-state index in [1.165, 1.54) is 28.0 Å². The molecule has 15 heteroatoms. The van der Waals surface area contributed by atoms with Gasteiger partial charge in [-0.1, -0.05) is 11.2 Å². The maximum absolute atomic E-state index is 12.9. The van der Waals surface area contributed by atoms with E-state index in [-0.39, 0.29) is 70.9 Å². The summed E-state index contributed by atoms with van der Waals surface area (Å²) in [4.78, 5) is 53.4. The number of hydrogen-bond acceptors (Lipinski definition) is 12.